The third kappa shape index (κ3) is 116. The first kappa shape index (κ1) is 37.7. The van der Waals surface area contributed by atoms with Crippen molar-refractivity contribution in [2.24, 2.45) is 0 Å². The standard InChI is InChI=1S/C4H8O2.4C3H5.La.Li/c1-2-6-4-3-5-1;4*1-3-2;;/h1-4H2;4*3H,1-2H2;;/q;;;;;;+1. The fourth-order valence-corrected chi connectivity index (χ4v) is 0.440. The van der Waals surface area contributed by atoms with Gasteiger partial charge < -0.3 is 9.47 Å². The Balaban J connectivity index is -0.0000000315. The molecule has 1 fully saturated rings. The van der Waals surface area contributed by atoms with E-state index in [0.717, 1.165) is 26.4 Å². The molecular weight excluding hydrogens is 370 g/mol. The number of ether oxygens (including phenoxy) is 2. The molecular formula is C16H28LaLiO2+. The van der Waals surface area contributed by atoms with Gasteiger partial charge in [0.05, 0.1) is 26.4 Å². The number of hydrogen-bond donors (Lipinski definition) is 0. The number of hydrogen-bond acceptors (Lipinski definition) is 2. The van der Waals surface area contributed by atoms with E-state index in [2.05, 4.69) is 55.4 Å². The molecule has 13 radical (unpaired) electrons. The van der Waals surface area contributed by atoms with Crippen molar-refractivity contribution in [1.29, 1.82) is 0 Å². The van der Waals surface area contributed by atoms with Gasteiger partial charge in [0.2, 0.25) is 0 Å². The predicted molar refractivity (Wildman–Crippen MR) is 81.7 cm³/mol. The van der Waals surface area contributed by atoms with E-state index in [9.17, 15) is 0 Å². The summed E-state index contributed by atoms with van der Waals surface area (Å²) in [4.78, 5) is 0. The van der Waals surface area contributed by atoms with Crippen LogP contribution in [0, 0.1) is 117 Å². The van der Waals surface area contributed by atoms with Gasteiger partial charge in [-0.05, 0) is 81.1 Å². The molecule has 0 amide bonds. The molecule has 0 aromatic rings. The van der Waals surface area contributed by atoms with Crippen molar-refractivity contribution in [2.45, 2.75) is 0 Å². The van der Waals surface area contributed by atoms with Crippen LogP contribution in [0.15, 0.2) is 0 Å². The Morgan fingerprint density at radius 3 is 0.650 bits per heavy atom. The SMILES string of the molecule is C1COCCO1.[CH2][CH][CH2].[CH2][CH][CH2].[CH2][CH][CH2].[CH2][CH][CH2].[La].[Li+]. The summed E-state index contributed by atoms with van der Waals surface area (Å²) in [6.45, 7) is 29.1. The van der Waals surface area contributed by atoms with E-state index < -0.39 is 0 Å². The summed E-state index contributed by atoms with van der Waals surface area (Å²) in [6.07, 6.45) is 6.00. The van der Waals surface area contributed by atoms with Crippen LogP contribution in [0.5, 0.6) is 0 Å². The summed E-state index contributed by atoms with van der Waals surface area (Å²) in [5.41, 5.74) is 0. The largest absolute Gasteiger partial charge is 1.00 e. The van der Waals surface area contributed by atoms with Crippen molar-refractivity contribution < 1.29 is 63.9 Å². The van der Waals surface area contributed by atoms with Gasteiger partial charge in [0.1, 0.15) is 0 Å². The second-order valence-corrected chi connectivity index (χ2v) is 2.38. The van der Waals surface area contributed by atoms with Gasteiger partial charge in [-0.1, -0.05) is 0 Å². The number of rotatable bonds is 0. The molecule has 1 saturated heterocycles. The Kier molecular flexibility index (Phi) is 111. The van der Waals surface area contributed by atoms with Gasteiger partial charge in [-0.15, -0.1) is 0 Å². The van der Waals surface area contributed by atoms with Gasteiger partial charge in [0.15, 0.2) is 0 Å². The smallest absolute Gasteiger partial charge is 0.377 e. The molecule has 0 N–H and O–H groups in total. The van der Waals surface area contributed by atoms with E-state index in [1.54, 1.807) is 0 Å². The zero-order valence-corrected chi connectivity index (χ0v) is 16.8. The van der Waals surface area contributed by atoms with Gasteiger partial charge in [-0.2, -0.15) is 0 Å². The Hall–Kier alpha value is 1.71. The Morgan fingerprint density at radius 1 is 0.500 bits per heavy atom. The van der Waals surface area contributed by atoms with Crippen molar-refractivity contribution in [1.82, 2.24) is 0 Å². The van der Waals surface area contributed by atoms with Crippen LogP contribution in [-0.4, -0.2) is 26.4 Å². The van der Waals surface area contributed by atoms with Crippen LogP contribution < -0.4 is 18.9 Å². The van der Waals surface area contributed by atoms with Crippen molar-refractivity contribution in [3.8, 4) is 0 Å². The Labute approximate surface area is 170 Å². The first-order valence-corrected chi connectivity index (χ1v) is 5.42. The summed E-state index contributed by atoms with van der Waals surface area (Å²) in [6, 6.07) is 0. The average Bonchev–Trinajstić information content (AvgIpc) is 2.35. The van der Waals surface area contributed by atoms with E-state index in [-0.39, 0.29) is 54.5 Å². The molecule has 0 atom stereocenters. The Morgan fingerprint density at radius 2 is 0.600 bits per heavy atom. The molecule has 1 heterocycles. The van der Waals surface area contributed by atoms with Crippen LogP contribution in [-0.2, 0) is 9.47 Å². The topological polar surface area (TPSA) is 18.5 Å². The molecule has 1 rings (SSSR count). The molecule has 107 valence electrons. The maximum atomic E-state index is 4.94. The zero-order chi connectivity index (χ0) is 15.1. The quantitative estimate of drug-likeness (QED) is 0.553. The molecule has 1 aliphatic heterocycles. The van der Waals surface area contributed by atoms with Gasteiger partial charge in [-0.3, -0.25) is 0 Å². The minimum Gasteiger partial charge on any atom is -0.377 e. The normalized spacial score (nSPS) is 10.8. The maximum absolute atomic E-state index is 4.94. The summed E-state index contributed by atoms with van der Waals surface area (Å²) in [7, 11) is 0. The summed E-state index contributed by atoms with van der Waals surface area (Å²) in [5, 5.41) is 0. The Bertz CT molecular complexity index is 63.4. The fourth-order valence-electron chi connectivity index (χ4n) is 0.440. The second-order valence-electron chi connectivity index (χ2n) is 2.38. The van der Waals surface area contributed by atoms with Crippen LogP contribution in [0.1, 0.15) is 0 Å². The second kappa shape index (κ2) is 58.7. The third-order valence-electron chi connectivity index (χ3n) is 0.744. The molecule has 0 aromatic heterocycles. The van der Waals surface area contributed by atoms with Gasteiger partial charge in [0.25, 0.3) is 0 Å². The van der Waals surface area contributed by atoms with Crippen molar-refractivity contribution in [2.75, 3.05) is 26.4 Å². The molecule has 0 aliphatic carbocycles. The van der Waals surface area contributed by atoms with Crippen LogP contribution in [0.2, 0.25) is 0 Å². The average molecular weight is 398 g/mol. The van der Waals surface area contributed by atoms with Crippen LogP contribution >= 0.6 is 0 Å². The summed E-state index contributed by atoms with van der Waals surface area (Å²) in [5.74, 6) is 0. The summed E-state index contributed by atoms with van der Waals surface area (Å²) >= 11 is 0. The molecule has 20 heavy (non-hydrogen) atoms. The molecule has 0 aromatic carbocycles. The molecule has 2 nitrogen and oxygen atoms in total. The van der Waals surface area contributed by atoms with Crippen molar-refractivity contribution >= 4 is 0 Å². The van der Waals surface area contributed by atoms with E-state index in [4.69, 9.17) is 9.47 Å². The summed E-state index contributed by atoms with van der Waals surface area (Å²) < 4.78 is 9.89. The molecule has 0 saturated carbocycles. The van der Waals surface area contributed by atoms with Crippen molar-refractivity contribution in [3.05, 3.63) is 81.1 Å². The maximum Gasteiger partial charge on any atom is 1.00 e. The zero-order valence-electron chi connectivity index (χ0n) is 13.2. The minimum absolute atomic E-state index is 0. The van der Waals surface area contributed by atoms with E-state index in [1.165, 1.54) is 25.7 Å². The van der Waals surface area contributed by atoms with Gasteiger partial charge in [-0.25, -0.2) is 0 Å². The first-order chi connectivity index (χ1) is 8.66. The minimum atomic E-state index is 0. The monoisotopic (exact) mass is 398 g/mol. The fraction of sp³-hybridized carbons (Fsp3) is 0.250. The van der Waals surface area contributed by atoms with E-state index >= 15 is 0 Å². The molecule has 0 unspecified atom stereocenters. The molecule has 4 heteroatoms. The predicted octanol–water partition coefficient (Wildman–Crippen LogP) is 0.473. The first-order valence-electron chi connectivity index (χ1n) is 5.42. The van der Waals surface area contributed by atoms with Gasteiger partial charge >= 0.3 is 18.9 Å². The van der Waals surface area contributed by atoms with E-state index in [1.807, 2.05) is 0 Å². The van der Waals surface area contributed by atoms with Crippen LogP contribution in [0.25, 0.3) is 0 Å². The van der Waals surface area contributed by atoms with Crippen LogP contribution in [0.4, 0.5) is 0 Å². The van der Waals surface area contributed by atoms with Crippen molar-refractivity contribution in [3.63, 3.8) is 0 Å². The third-order valence-corrected chi connectivity index (χ3v) is 0.744. The van der Waals surface area contributed by atoms with Gasteiger partial charge in [0, 0.05) is 35.6 Å². The van der Waals surface area contributed by atoms with Crippen LogP contribution in [0.3, 0.4) is 0 Å². The molecule has 1 aliphatic rings. The molecule has 0 bridgehead atoms. The van der Waals surface area contributed by atoms with E-state index in [0.29, 0.717) is 0 Å². The molecule has 0 spiro atoms.